The molecule has 0 bridgehead atoms. The molecule has 0 radical (unpaired) electrons. The number of amides is 1. The van der Waals surface area contributed by atoms with E-state index in [1.807, 2.05) is 42.2 Å². The van der Waals surface area contributed by atoms with Gasteiger partial charge in [-0.1, -0.05) is 35.3 Å². The second kappa shape index (κ2) is 8.19. The average Bonchev–Trinajstić information content (AvgIpc) is 2.64. The lowest BCUT2D eigenvalue weighted by molar-refractivity contribution is -0.133. The number of aryl methyl sites for hydroxylation is 2. The summed E-state index contributed by atoms with van der Waals surface area (Å²) in [5.74, 6) is 0.526. The van der Waals surface area contributed by atoms with Crippen molar-refractivity contribution in [1.29, 1.82) is 0 Å². The number of anilines is 1. The zero-order chi connectivity index (χ0) is 18.7. The van der Waals surface area contributed by atoms with Crippen LogP contribution in [0.4, 0.5) is 5.69 Å². The molecule has 2 aromatic carbocycles. The predicted molar refractivity (Wildman–Crippen MR) is 107 cm³/mol. The maximum atomic E-state index is 12.5. The Labute approximate surface area is 164 Å². The van der Waals surface area contributed by atoms with Crippen LogP contribution in [0.25, 0.3) is 0 Å². The largest absolute Gasteiger partial charge is 0.482 e. The number of halogens is 2. The van der Waals surface area contributed by atoms with Crippen LogP contribution in [0.1, 0.15) is 11.1 Å². The summed E-state index contributed by atoms with van der Waals surface area (Å²) in [5, 5.41) is 1.25. The van der Waals surface area contributed by atoms with Crippen LogP contribution in [0.15, 0.2) is 36.4 Å². The number of carbonyl (C=O) groups is 1. The molecule has 1 aliphatic heterocycles. The van der Waals surface area contributed by atoms with Crippen LogP contribution in [0, 0.1) is 13.8 Å². The first kappa shape index (κ1) is 18.9. The summed E-state index contributed by atoms with van der Waals surface area (Å²) in [6.45, 7) is 6.91. The molecule has 0 saturated carbocycles. The molecule has 1 saturated heterocycles. The fourth-order valence-electron chi connectivity index (χ4n) is 3.07. The molecule has 3 rings (SSSR count). The molecule has 0 atom stereocenters. The van der Waals surface area contributed by atoms with Crippen molar-refractivity contribution < 1.29 is 9.53 Å². The van der Waals surface area contributed by atoms with Crippen molar-refractivity contribution in [1.82, 2.24) is 4.90 Å². The molecule has 1 fully saturated rings. The molecule has 26 heavy (non-hydrogen) atoms. The highest BCUT2D eigenvalue weighted by Gasteiger charge is 2.22. The molecule has 1 aliphatic rings. The third-order valence-corrected chi connectivity index (χ3v) is 5.13. The van der Waals surface area contributed by atoms with Gasteiger partial charge in [-0.15, -0.1) is 0 Å². The van der Waals surface area contributed by atoms with E-state index in [0.29, 0.717) is 23.9 Å². The third kappa shape index (κ3) is 4.43. The zero-order valence-electron chi connectivity index (χ0n) is 15.0. The molecule has 6 heteroatoms. The molecule has 0 spiro atoms. The molecular weight excluding hydrogens is 371 g/mol. The second-order valence-corrected chi connectivity index (χ2v) is 7.36. The number of benzene rings is 2. The van der Waals surface area contributed by atoms with E-state index < -0.39 is 0 Å². The Morgan fingerprint density at radius 1 is 1.04 bits per heavy atom. The summed E-state index contributed by atoms with van der Waals surface area (Å²) >= 11 is 12.2. The van der Waals surface area contributed by atoms with E-state index in [2.05, 4.69) is 11.8 Å². The summed E-state index contributed by atoms with van der Waals surface area (Å²) in [5.41, 5.74) is 3.36. The van der Waals surface area contributed by atoms with Gasteiger partial charge in [0.05, 0.1) is 5.02 Å². The third-order valence-electron chi connectivity index (χ3n) is 4.58. The quantitative estimate of drug-likeness (QED) is 0.775. The van der Waals surface area contributed by atoms with Crippen molar-refractivity contribution in [3.8, 4) is 5.75 Å². The number of rotatable bonds is 4. The number of piperazine rings is 1. The number of carbonyl (C=O) groups excluding carboxylic acids is 1. The molecule has 1 heterocycles. The summed E-state index contributed by atoms with van der Waals surface area (Å²) in [6.07, 6.45) is 0. The summed E-state index contributed by atoms with van der Waals surface area (Å²) < 4.78 is 5.62. The van der Waals surface area contributed by atoms with Crippen molar-refractivity contribution in [2.24, 2.45) is 0 Å². The van der Waals surface area contributed by atoms with Crippen LogP contribution in [0.3, 0.4) is 0 Å². The van der Waals surface area contributed by atoms with Crippen molar-refractivity contribution >= 4 is 34.8 Å². The fourth-order valence-corrected chi connectivity index (χ4v) is 3.41. The van der Waals surface area contributed by atoms with Gasteiger partial charge in [-0.3, -0.25) is 4.79 Å². The number of hydrogen-bond acceptors (Lipinski definition) is 3. The Morgan fingerprint density at radius 3 is 2.50 bits per heavy atom. The number of nitrogens with zero attached hydrogens (tertiary/aromatic N) is 2. The first-order chi connectivity index (χ1) is 12.4. The minimum Gasteiger partial charge on any atom is -0.482 e. The van der Waals surface area contributed by atoms with Crippen LogP contribution < -0.4 is 9.64 Å². The Hall–Kier alpha value is -1.91. The van der Waals surface area contributed by atoms with Gasteiger partial charge in [-0.05, 0) is 49.2 Å². The normalized spacial score (nSPS) is 14.5. The SMILES string of the molecule is Cc1ccc(Cl)c(OCC(=O)N2CCN(c3cc(Cl)ccc3C)CC2)c1. The number of hydrogen-bond donors (Lipinski definition) is 0. The Balaban J connectivity index is 1.55. The van der Waals surface area contributed by atoms with E-state index in [9.17, 15) is 4.79 Å². The molecule has 2 aromatic rings. The zero-order valence-corrected chi connectivity index (χ0v) is 16.5. The summed E-state index contributed by atoms with van der Waals surface area (Å²) in [7, 11) is 0. The van der Waals surface area contributed by atoms with Gasteiger partial charge in [0, 0.05) is 36.9 Å². The first-order valence-electron chi connectivity index (χ1n) is 8.62. The highest BCUT2D eigenvalue weighted by atomic mass is 35.5. The maximum Gasteiger partial charge on any atom is 0.260 e. The van der Waals surface area contributed by atoms with Crippen LogP contribution in [0.5, 0.6) is 5.75 Å². The van der Waals surface area contributed by atoms with E-state index >= 15 is 0 Å². The van der Waals surface area contributed by atoms with E-state index in [1.165, 1.54) is 5.56 Å². The second-order valence-electron chi connectivity index (χ2n) is 6.52. The topological polar surface area (TPSA) is 32.8 Å². The number of ether oxygens (including phenoxy) is 1. The average molecular weight is 393 g/mol. The first-order valence-corrected chi connectivity index (χ1v) is 9.37. The van der Waals surface area contributed by atoms with Gasteiger partial charge >= 0.3 is 0 Å². The van der Waals surface area contributed by atoms with Gasteiger partial charge in [-0.2, -0.15) is 0 Å². The van der Waals surface area contributed by atoms with Gasteiger partial charge in [0.2, 0.25) is 0 Å². The molecule has 0 aromatic heterocycles. The van der Waals surface area contributed by atoms with Gasteiger partial charge in [0.15, 0.2) is 6.61 Å². The van der Waals surface area contributed by atoms with Gasteiger partial charge in [0.1, 0.15) is 5.75 Å². The van der Waals surface area contributed by atoms with Crippen LogP contribution in [-0.2, 0) is 4.79 Å². The van der Waals surface area contributed by atoms with Crippen LogP contribution in [0.2, 0.25) is 10.0 Å². The van der Waals surface area contributed by atoms with E-state index in [1.54, 1.807) is 6.07 Å². The van der Waals surface area contributed by atoms with Gasteiger partial charge in [-0.25, -0.2) is 0 Å². The minimum absolute atomic E-state index is 0.000629. The van der Waals surface area contributed by atoms with Gasteiger partial charge < -0.3 is 14.5 Å². The van der Waals surface area contributed by atoms with Crippen molar-refractivity contribution in [3.05, 3.63) is 57.6 Å². The van der Waals surface area contributed by atoms with E-state index in [4.69, 9.17) is 27.9 Å². The Morgan fingerprint density at radius 2 is 1.77 bits per heavy atom. The maximum absolute atomic E-state index is 12.5. The lowest BCUT2D eigenvalue weighted by atomic mass is 10.1. The highest BCUT2D eigenvalue weighted by Crippen LogP contribution is 2.26. The molecule has 4 nitrogen and oxygen atoms in total. The lowest BCUT2D eigenvalue weighted by Crippen LogP contribution is -2.50. The smallest absolute Gasteiger partial charge is 0.260 e. The van der Waals surface area contributed by atoms with Crippen molar-refractivity contribution in [3.63, 3.8) is 0 Å². The standard InChI is InChI=1S/C20H22Cl2N2O2/c1-14-3-6-17(22)19(11-14)26-13-20(25)24-9-7-23(8-10-24)18-12-16(21)5-4-15(18)2/h3-6,11-12H,7-10,13H2,1-2H3. The summed E-state index contributed by atoms with van der Waals surface area (Å²) in [4.78, 5) is 16.6. The molecule has 1 amide bonds. The molecule has 0 unspecified atom stereocenters. The minimum atomic E-state index is -0.0231. The van der Waals surface area contributed by atoms with E-state index in [0.717, 1.165) is 29.4 Å². The molecule has 138 valence electrons. The summed E-state index contributed by atoms with van der Waals surface area (Å²) in [6, 6.07) is 11.4. The van der Waals surface area contributed by atoms with Gasteiger partial charge in [0.25, 0.3) is 5.91 Å². The molecular formula is C20H22Cl2N2O2. The van der Waals surface area contributed by atoms with E-state index in [-0.39, 0.29) is 12.5 Å². The van der Waals surface area contributed by atoms with Crippen molar-refractivity contribution in [2.45, 2.75) is 13.8 Å². The monoisotopic (exact) mass is 392 g/mol. The fraction of sp³-hybridized carbons (Fsp3) is 0.350. The molecule has 0 aliphatic carbocycles. The van der Waals surface area contributed by atoms with Crippen LogP contribution in [-0.4, -0.2) is 43.6 Å². The molecule has 0 N–H and O–H groups in total. The lowest BCUT2D eigenvalue weighted by Gasteiger charge is -2.36. The van der Waals surface area contributed by atoms with Crippen molar-refractivity contribution in [2.75, 3.05) is 37.7 Å². The van der Waals surface area contributed by atoms with Crippen LogP contribution >= 0.6 is 23.2 Å². The Bertz CT molecular complexity index is 802. The Kier molecular flexibility index (Phi) is 5.94. The highest BCUT2D eigenvalue weighted by molar-refractivity contribution is 6.32. The predicted octanol–water partition coefficient (Wildman–Crippen LogP) is 4.34.